The highest BCUT2D eigenvalue weighted by atomic mass is 32.2. The fraction of sp³-hybridized carbons (Fsp3) is 0.0476. The van der Waals surface area contributed by atoms with E-state index in [-0.39, 0.29) is 22.2 Å². The molecule has 2 heterocycles. The number of nitrogens with one attached hydrogen (secondary N) is 2. The number of rotatable bonds is 5. The normalized spacial score (nSPS) is 11.5. The van der Waals surface area contributed by atoms with Gasteiger partial charge in [-0.05, 0) is 48.0 Å². The molecule has 0 bridgehead atoms. The van der Waals surface area contributed by atoms with Crippen LogP contribution in [0.15, 0.2) is 76.8 Å². The average molecular weight is 427 g/mol. The molecule has 0 saturated carbocycles. The maximum atomic E-state index is 13.4. The molecule has 0 saturated heterocycles. The first-order chi connectivity index (χ1) is 14.3. The number of aromatic amines is 1. The molecule has 0 aliphatic carbocycles. The van der Waals surface area contributed by atoms with Gasteiger partial charge >= 0.3 is 0 Å². The summed E-state index contributed by atoms with van der Waals surface area (Å²) in [6.07, 6.45) is 3.27. The van der Waals surface area contributed by atoms with Gasteiger partial charge in [-0.2, -0.15) is 0 Å². The van der Waals surface area contributed by atoms with Crippen molar-refractivity contribution in [3.05, 3.63) is 89.9 Å². The molecular formula is C21H15F2N3O3S. The minimum Gasteiger partial charge on any atom is -0.350 e. The van der Waals surface area contributed by atoms with Crippen molar-refractivity contribution in [3.63, 3.8) is 0 Å². The van der Waals surface area contributed by atoms with E-state index in [2.05, 4.69) is 15.3 Å². The van der Waals surface area contributed by atoms with Gasteiger partial charge in [-0.15, -0.1) is 0 Å². The van der Waals surface area contributed by atoms with Crippen LogP contribution in [0.2, 0.25) is 0 Å². The lowest BCUT2D eigenvalue weighted by molar-refractivity contribution is 0.0946. The molecular weight excluding hydrogens is 412 g/mol. The first-order valence-electron chi connectivity index (χ1n) is 8.84. The fourth-order valence-electron chi connectivity index (χ4n) is 2.94. The number of benzene rings is 2. The molecule has 0 radical (unpaired) electrons. The molecule has 0 unspecified atom stereocenters. The Morgan fingerprint density at radius 2 is 1.70 bits per heavy atom. The number of carbonyl (C=O) groups excluding carboxylic acids is 1. The number of sulfone groups is 1. The smallest absolute Gasteiger partial charge is 0.267 e. The zero-order valence-electron chi connectivity index (χ0n) is 15.4. The second-order valence-corrected chi connectivity index (χ2v) is 8.50. The van der Waals surface area contributed by atoms with Crippen molar-refractivity contribution in [1.82, 2.24) is 15.3 Å². The quantitative estimate of drug-likeness (QED) is 0.476. The molecule has 0 fully saturated rings. The van der Waals surface area contributed by atoms with E-state index in [1.54, 1.807) is 36.7 Å². The summed E-state index contributed by atoms with van der Waals surface area (Å²) in [6, 6.07) is 11.7. The van der Waals surface area contributed by atoms with E-state index in [4.69, 9.17) is 0 Å². The molecule has 30 heavy (non-hydrogen) atoms. The van der Waals surface area contributed by atoms with Gasteiger partial charge in [0.2, 0.25) is 9.84 Å². The molecule has 2 N–H and O–H groups in total. The summed E-state index contributed by atoms with van der Waals surface area (Å²) in [6.45, 7) is 0.179. The number of amides is 1. The van der Waals surface area contributed by atoms with E-state index in [1.165, 1.54) is 12.1 Å². The molecule has 4 aromatic rings. The monoisotopic (exact) mass is 427 g/mol. The Labute approximate surface area is 170 Å². The Bertz CT molecular complexity index is 1320. The number of hydrogen-bond donors (Lipinski definition) is 2. The summed E-state index contributed by atoms with van der Waals surface area (Å²) >= 11 is 0. The summed E-state index contributed by atoms with van der Waals surface area (Å²) < 4.78 is 51.6. The van der Waals surface area contributed by atoms with Gasteiger partial charge < -0.3 is 10.3 Å². The molecule has 1 amide bonds. The summed E-state index contributed by atoms with van der Waals surface area (Å²) in [5, 5.41) is 3.56. The van der Waals surface area contributed by atoms with Crippen LogP contribution < -0.4 is 5.32 Å². The predicted molar refractivity (Wildman–Crippen MR) is 106 cm³/mol. The van der Waals surface area contributed by atoms with Crippen LogP contribution >= 0.6 is 0 Å². The van der Waals surface area contributed by atoms with Crippen LogP contribution in [0.25, 0.3) is 10.9 Å². The summed E-state index contributed by atoms with van der Waals surface area (Å²) in [5.74, 6) is -2.67. The minimum atomic E-state index is -3.99. The Kier molecular flexibility index (Phi) is 5.04. The van der Waals surface area contributed by atoms with Crippen LogP contribution in [0.4, 0.5) is 8.78 Å². The van der Waals surface area contributed by atoms with Gasteiger partial charge in [0.15, 0.2) is 11.6 Å². The molecule has 152 valence electrons. The lowest BCUT2D eigenvalue weighted by atomic mass is 10.2. The SMILES string of the molecule is O=C(NCc1ccc(S(=O)(=O)c2ccc(F)c(F)c2)cc1)c1cc2cnccc2[nH]1. The van der Waals surface area contributed by atoms with Gasteiger partial charge in [0, 0.05) is 29.8 Å². The van der Waals surface area contributed by atoms with Crippen LogP contribution in [0, 0.1) is 11.6 Å². The number of pyridine rings is 1. The maximum absolute atomic E-state index is 13.4. The van der Waals surface area contributed by atoms with Gasteiger partial charge in [0.05, 0.1) is 9.79 Å². The van der Waals surface area contributed by atoms with Crippen molar-refractivity contribution in [2.24, 2.45) is 0 Å². The van der Waals surface area contributed by atoms with Crippen molar-refractivity contribution in [3.8, 4) is 0 Å². The van der Waals surface area contributed by atoms with E-state index in [1.807, 2.05) is 0 Å². The largest absolute Gasteiger partial charge is 0.350 e. The number of nitrogens with zero attached hydrogens (tertiary/aromatic N) is 1. The van der Waals surface area contributed by atoms with Crippen LogP contribution in [-0.4, -0.2) is 24.3 Å². The van der Waals surface area contributed by atoms with E-state index in [0.29, 0.717) is 17.3 Å². The first-order valence-corrected chi connectivity index (χ1v) is 10.3. The van der Waals surface area contributed by atoms with E-state index >= 15 is 0 Å². The minimum absolute atomic E-state index is 0.0632. The summed E-state index contributed by atoms with van der Waals surface area (Å²) in [5.41, 5.74) is 1.85. The zero-order valence-corrected chi connectivity index (χ0v) is 16.2. The number of hydrogen-bond acceptors (Lipinski definition) is 4. The lowest BCUT2D eigenvalue weighted by Gasteiger charge is -2.08. The molecule has 0 atom stereocenters. The zero-order chi connectivity index (χ0) is 21.3. The van der Waals surface area contributed by atoms with Crippen LogP contribution in [0.1, 0.15) is 16.1 Å². The second-order valence-electron chi connectivity index (χ2n) is 6.55. The van der Waals surface area contributed by atoms with Crippen LogP contribution in [-0.2, 0) is 16.4 Å². The fourth-order valence-corrected chi connectivity index (χ4v) is 4.21. The number of H-pyrrole nitrogens is 1. The van der Waals surface area contributed by atoms with Gasteiger partial charge in [-0.25, -0.2) is 17.2 Å². The average Bonchev–Trinajstić information content (AvgIpc) is 3.18. The number of aromatic nitrogens is 2. The molecule has 9 heteroatoms. The molecule has 4 rings (SSSR count). The maximum Gasteiger partial charge on any atom is 0.267 e. The van der Waals surface area contributed by atoms with Gasteiger partial charge in [-0.1, -0.05) is 12.1 Å². The number of halogens is 2. The van der Waals surface area contributed by atoms with E-state index < -0.39 is 21.5 Å². The van der Waals surface area contributed by atoms with Crippen LogP contribution in [0.3, 0.4) is 0 Å². The third kappa shape index (κ3) is 3.79. The third-order valence-electron chi connectivity index (χ3n) is 4.55. The van der Waals surface area contributed by atoms with Crippen molar-refractivity contribution < 1.29 is 22.0 Å². The molecule has 0 aliphatic heterocycles. The molecule has 6 nitrogen and oxygen atoms in total. The molecule has 0 aliphatic rings. The van der Waals surface area contributed by atoms with Crippen molar-refractivity contribution in [2.45, 2.75) is 16.3 Å². The Balaban J connectivity index is 1.46. The van der Waals surface area contributed by atoms with E-state index in [0.717, 1.165) is 23.0 Å². The number of fused-ring (bicyclic) bond motifs is 1. The van der Waals surface area contributed by atoms with Gasteiger partial charge in [0.1, 0.15) is 5.69 Å². The van der Waals surface area contributed by atoms with Crippen molar-refractivity contribution >= 4 is 26.6 Å². The summed E-state index contributed by atoms with van der Waals surface area (Å²) in [7, 11) is -3.99. The summed E-state index contributed by atoms with van der Waals surface area (Å²) in [4.78, 5) is 18.9. The topological polar surface area (TPSA) is 91.9 Å². The molecule has 0 spiro atoms. The van der Waals surface area contributed by atoms with E-state index in [9.17, 15) is 22.0 Å². The van der Waals surface area contributed by atoms with Gasteiger partial charge in [-0.3, -0.25) is 9.78 Å². The third-order valence-corrected chi connectivity index (χ3v) is 6.32. The first kappa shape index (κ1) is 19.7. The van der Waals surface area contributed by atoms with Gasteiger partial charge in [0.25, 0.3) is 5.91 Å². The Morgan fingerprint density at radius 1 is 0.967 bits per heavy atom. The van der Waals surface area contributed by atoms with Crippen molar-refractivity contribution in [1.29, 1.82) is 0 Å². The Hall–Kier alpha value is -3.59. The molecule has 2 aromatic carbocycles. The standard InChI is InChI=1S/C21H15F2N3O3S/c22-17-6-5-16(10-18(17)23)30(28,29)15-3-1-13(2-4-15)11-25-21(27)20-9-14-12-24-8-7-19(14)26-20/h1-10,12,26H,11H2,(H,25,27). The highest BCUT2D eigenvalue weighted by Gasteiger charge is 2.19. The second kappa shape index (κ2) is 7.68. The lowest BCUT2D eigenvalue weighted by Crippen LogP contribution is -2.23. The Morgan fingerprint density at radius 3 is 2.40 bits per heavy atom. The highest BCUT2D eigenvalue weighted by molar-refractivity contribution is 7.91. The molecule has 2 aromatic heterocycles. The highest BCUT2D eigenvalue weighted by Crippen LogP contribution is 2.23. The predicted octanol–water partition coefficient (Wildman–Crippen LogP) is 3.60. The van der Waals surface area contributed by atoms with Crippen LogP contribution in [0.5, 0.6) is 0 Å². The number of carbonyl (C=O) groups is 1. The van der Waals surface area contributed by atoms with Crippen molar-refractivity contribution in [2.75, 3.05) is 0 Å².